The molecule has 0 saturated carbocycles. The van der Waals surface area contributed by atoms with Crippen molar-refractivity contribution in [1.82, 2.24) is 9.88 Å². The van der Waals surface area contributed by atoms with Crippen LogP contribution >= 0.6 is 27.5 Å². The first-order chi connectivity index (χ1) is 12.6. The van der Waals surface area contributed by atoms with Crippen molar-refractivity contribution in [2.24, 2.45) is 0 Å². The number of nitrogens with zero attached hydrogens (tertiary/aromatic N) is 3. The Morgan fingerprint density at radius 1 is 1.27 bits per heavy atom. The Labute approximate surface area is 166 Å². The first-order valence-electron chi connectivity index (χ1n) is 8.28. The van der Waals surface area contributed by atoms with Crippen molar-refractivity contribution in [2.45, 2.75) is 0 Å². The van der Waals surface area contributed by atoms with Crippen LogP contribution in [0.5, 0.6) is 5.75 Å². The number of hydrogen-bond acceptors (Lipinski definition) is 5. The largest absolute Gasteiger partial charge is 0.495 e. The normalized spacial score (nSPS) is 14.3. The van der Waals surface area contributed by atoms with Crippen LogP contribution in [0.25, 0.3) is 0 Å². The van der Waals surface area contributed by atoms with E-state index >= 15 is 0 Å². The number of nitrogens with one attached hydrogen (secondary N) is 1. The lowest BCUT2D eigenvalue weighted by atomic mass is 10.2. The number of carbonyl (C=O) groups excluding carboxylic acids is 1. The zero-order valence-electron chi connectivity index (χ0n) is 14.4. The van der Waals surface area contributed by atoms with Crippen LogP contribution in [-0.2, 0) is 4.79 Å². The van der Waals surface area contributed by atoms with E-state index in [0.717, 1.165) is 23.4 Å². The summed E-state index contributed by atoms with van der Waals surface area (Å²) >= 11 is 9.41. The summed E-state index contributed by atoms with van der Waals surface area (Å²) in [6, 6.07) is 9.24. The van der Waals surface area contributed by atoms with Crippen LogP contribution in [0.1, 0.15) is 0 Å². The third-order valence-electron chi connectivity index (χ3n) is 4.26. The molecule has 2 aromatic rings. The summed E-state index contributed by atoms with van der Waals surface area (Å²) in [7, 11) is 1.59. The summed E-state index contributed by atoms with van der Waals surface area (Å²) in [4.78, 5) is 20.9. The Kier molecular flexibility index (Phi) is 6.21. The number of piperazine rings is 1. The van der Waals surface area contributed by atoms with Gasteiger partial charge in [0, 0.05) is 41.9 Å². The van der Waals surface area contributed by atoms with Crippen LogP contribution < -0.4 is 15.0 Å². The number of amides is 1. The molecular weight excluding hydrogens is 420 g/mol. The molecule has 6 nitrogen and oxygen atoms in total. The van der Waals surface area contributed by atoms with E-state index in [9.17, 15) is 4.79 Å². The topological polar surface area (TPSA) is 57.7 Å². The van der Waals surface area contributed by atoms with Crippen LogP contribution in [0.2, 0.25) is 5.02 Å². The van der Waals surface area contributed by atoms with Crippen molar-refractivity contribution >= 4 is 44.9 Å². The third-order valence-corrected chi connectivity index (χ3v) is 4.96. The van der Waals surface area contributed by atoms with E-state index in [1.807, 2.05) is 17.0 Å². The second-order valence-corrected chi connectivity index (χ2v) is 7.25. The highest BCUT2D eigenvalue weighted by molar-refractivity contribution is 9.10. The van der Waals surface area contributed by atoms with E-state index in [2.05, 4.69) is 31.1 Å². The molecule has 0 bridgehead atoms. The van der Waals surface area contributed by atoms with Gasteiger partial charge in [0.15, 0.2) is 0 Å². The average Bonchev–Trinajstić information content (AvgIpc) is 2.67. The van der Waals surface area contributed by atoms with E-state index in [-0.39, 0.29) is 12.5 Å². The van der Waals surface area contributed by atoms with Gasteiger partial charge >= 0.3 is 0 Å². The first-order valence-corrected chi connectivity index (χ1v) is 9.45. The molecule has 0 atom stereocenters. The van der Waals surface area contributed by atoms with Gasteiger partial charge in [0.25, 0.3) is 0 Å². The van der Waals surface area contributed by atoms with Gasteiger partial charge in [-0.1, -0.05) is 11.6 Å². The average molecular weight is 440 g/mol. The van der Waals surface area contributed by atoms with Crippen molar-refractivity contribution < 1.29 is 9.53 Å². The van der Waals surface area contributed by atoms with Gasteiger partial charge in [0.1, 0.15) is 11.6 Å². The molecule has 1 aromatic heterocycles. The Hall–Kier alpha value is -1.99. The third kappa shape index (κ3) is 4.59. The monoisotopic (exact) mass is 438 g/mol. The quantitative estimate of drug-likeness (QED) is 0.775. The molecule has 1 aromatic carbocycles. The summed E-state index contributed by atoms with van der Waals surface area (Å²) in [6.07, 6.45) is 1.79. The molecule has 138 valence electrons. The fourth-order valence-electron chi connectivity index (χ4n) is 2.84. The molecule has 0 spiro atoms. The molecule has 3 rings (SSSR count). The zero-order valence-corrected chi connectivity index (χ0v) is 16.8. The molecule has 0 radical (unpaired) electrons. The fourth-order valence-corrected chi connectivity index (χ4v) is 3.25. The van der Waals surface area contributed by atoms with Crippen molar-refractivity contribution in [1.29, 1.82) is 0 Å². The Morgan fingerprint density at radius 3 is 2.69 bits per heavy atom. The lowest BCUT2D eigenvalue weighted by Crippen LogP contribution is -2.50. The summed E-state index contributed by atoms with van der Waals surface area (Å²) in [5, 5.41) is 3.71. The van der Waals surface area contributed by atoms with Crippen molar-refractivity contribution in [3.8, 4) is 5.75 Å². The number of halogens is 2. The molecule has 1 fully saturated rings. The van der Waals surface area contributed by atoms with Gasteiger partial charge in [-0.3, -0.25) is 4.79 Å². The summed E-state index contributed by atoms with van der Waals surface area (Å²) in [5.41, 5.74) is 0.714. The van der Waals surface area contributed by atoms with Gasteiger partial charge in [-0.15, -0.1) is 0 Å². The Balaban J connectivity index is 1.52. The summed E-state index contributed by atoms with van der Waals surface area (Å²) in [6.45, 7) is 3.07. The molecule has 0 aliphatic carbocycles. The van der Waals surface area contributed by atoms with Crippen LogP contribution in [0.4, 0.5) is 11.5 Å². The van der Waals surface area contributed by atoms with Gasteiger partial charge in [0.05, 0.1) is 19.3 Å². The van der Waals surface area contributed by atoms with Crippen LogP contribution in [0.15, 0.2) is 41.0 Å². The van der Waals surface area contributed by atoms with E-state index in [4.69, 9.17) is 16.3 Å². The minimum atomic E-state index is 0.0513. The minimum Gasteiger partial charge on any atom is -0.495 e. The van der Waals surface area contributed by atoms with E-state index in [1.54, 1.807) is 31.5 Å². The van der Waals surface area contributed by atoms with Crippen molar-refractivity contribution in [3.05, 3.63) is 46.0 Å². The number of aromatic nitrogens is 1. The molecule has 8 heteroatoms. The maximum Gasteiger partial charge on any atom is 0.241 e. The number of ether oxygens (including phenoxy) is 1. The van der Waals surface area contributed by atoms with Crippen LogP contribution in [0.3, 0.4) is 0 Å². The van der Waals surface area contributed by atoms with Gasteiger partial charge in [-0.05, 0) is 46.3 Å². The number of benzene rings is 1. The predicted molar refractivity (Wildman–Crippen MR) is 107 cm³/mol. The van der Waals surface area contributed by atoms with Crippen molar-refractivity contribution in [2.75, 3.05) is 50.1 Å². The minimum absolute atomic E-state index is 0.0513. The molecule has 1 amide bonds. The lowest BCUT2D eigenvalue weighted by molar-refractivity contribution is -0.129. The molecule has 0 unspecified atom stereocenters. The van der Waals surface area contributed by atoms with E-state index < -0.39 is 0 Å². The molecule has 1 N–H and O–H groups in total. The molecular formula is C18H20BrClN4O2. The second-order valence-electron chi connectivity index (χ2n) is 5.90. The molecule has 1 aliphatic heterocycles. The summed E-state index contributed by atoms with van der Waals surface area (Å²) in [5.74, 6) is 1.64. The highest BCUT2D eigenvalue weighted by atomic mass is 79.9. The van der Waals surface area contributed by atoms with Gasteiger partial charge in [0.2, 0.25) is 5.91 Å². The summed E-state index contributed by atoms with van der Waals surface area (Å²) < 4.78 is 6.24. The molecule has 1 saturated heterocycles. The van der Waals surface area contributed by atoms with Gasteiger partial charge < -0.3 is 19.9 Å². The maximum atomic E-state index is 12.5. The zero-order chi connectivity index (χ0) is 18.5. The van der Waals surface area contributed by atoms with Crippen LogP contribution in [0, 0.1) is 0 Å². The van der Waals surface area contributed by atoms with E-state index in [0.29, 0.717) is 29.5 Å². The fraction of sp³-hybridized carbons (Fsp3) is 0.333. The van der Waals surface area contributed by atoms with Crippen molar-refractivity contribution in [3.63, 3.8) is 0 Å². The smallest absolute Gasteiger partial charge is 0.241 e. The maximum absolute atomic E-state index is 12.5. The van der Waals surface area contributed by atoms with Gasteiger partial charge in [-0.25, -0.2) is 4.98 Å². The number of methoxy groups -OCH3 is 1. The predicted octanol–water partition coefficient (Wildman–Crippen LogP) is 3.27. The standard InChI is InChI=1S/C18H20BrClN4O2/c1-26-16-4-3-14(20)10-15(16)21-12-18(25)24-8-6-23(7-9-24)17-5-2-13(19)11-22-17/h2-5,10-11,21H,6-9,12H2,1H3. The van der Waals surface area contributed by atoms with E-state index in [1.165, 1.54) is 0 Å². The molecule has 1 aliphatic rings. The SMILES string of the molecule is COc1ccc(Cl)cc1NCC(=O)N1CCN(c2ccc(Br)cn2)CC1. The Bertz CT molecular complexity index is 764. The first kappa shape index (κ1) is 18.8. The number of pyridine rings is 1. The number of hydrogen-bond donors (Lipinski definition) is 1. The number of carbonyl (C=O) groups is 1. The molecule has 2 heterocycles. The highest BCUT2D eigenvalue weighted by Gasteiger charge is 2.21. The number of anilines is 2. The highest BCUT2D eigenvalue weighted by Crippen LogP contribution is 2.27. The van der Waals surface area contributed by atoms with Crippen LogP contribution in [-0.4, -0.2) is 55.6 Å². The lowest BCUT2D eigenvalue weighted by Gasteiger charge is -2.35. The Morgan fingerprint density at radius 2 is 2.04 bits per heavy atom. The number of rotatable bonds is 5. The molecule has 26 heavy (non-hydrogen) atoms. The van der Waals surface area contributed by atoms with Gasteiger partial charge in [-0.2, -0.15) is 0 Å². The second kappa shape index (κ2) is 8.60.